The Labute approximate surface area is 184 Å². The fraction of sp³-hybridized carbons (Fsp3) is 0.348. The molecule has 32 heavy (non-hydrogen) atoms. The number of ether oxygens (including phenoxy) is 1. The van der Waals surface area contributed by atoms with Gasteiger partial charge in [0.1, 0.15) is 34.8 Å². The van der Waals surface area contributed by atoms with Gasteiger partial charge in [0, 0.05) is 17.8 Å². The monoisotopic (exact) mass is 436 g/mol. The summed E-state index contributed by atoms with van der Waals surface area (Å²) in [5.41, 5.74) is 4.38. The molecule has 9 heteroatoms. The molecular weight excluding hydrogens is 412 g/mol. The predicted octanol–water partition coefficient (Wildman–Crippen LogP) is 1.74. The van der Waals surface area contributed by atoms with Gasteiger partial charge >= 0.3 is 0 Å². The topological polar surface area (TPSA) is 137 Å². The Hall–Kier alpha value is -3.61. The molecule has 4 rings (SSSR count). The minimum absolute atomic E-state index is 0.114. The minimum Gasteiger partial charge on any atom is -0.485 e. The summed E-state index contributed by atoms with van der Waals surface area (Å²) in [6.07, 6.45) is 0.954. The molecule has 1 aliphatic heterocycles. The van der Waals surface area contributed by atoms with E-state index in [4.69, 9.17) is 15.0 Å². The molecular formula is C23H24N4O5. The van der Waals surface area contributed by atoms with Crippen molar-refractivity contribution in [1.29, 1.82) is 0 Å². The maximum Gasteiger partial charge on any atom is 0.268 e. The molecule has 3 heterocycles. The van der Waals surface area contributed by atoms with E-state index in [2.05, 4.69) is 22.0 Å². The molecule has 2 aromatic heterocycles. The van der Waals surface area contributed by atoms with Gasteiger partial charge in [-0.15, -0.1) is 0 Å². The highest BCUT2D eigenvalue weighted by molar-refractivity contribution is 5.91. The molecule has 3 aromatic rings. The smallest absolute Gasteiger partial charge is 0.268 e. The van der Waals surface area contributed by atoms with Crippen molar-refractivity contribution < 1.29 is 24.3 Å². The number of aryl methyl sites for hydroxylation is 1. The third-order valence-electron chi connectivity index (χ3n) is 5.25. The molecule has 2 atom stereocenters. The summed E-state index contributed by atoms with van der Waals surface area (Å²) in [7, 11) is 0. The Kier molecular flexibility index (Phi) is 5.07. The van der Waals surface area contributed by atoms with Crippen LogP contribution in [0.3, 0.4) is 0 Å². The van der Waals surface area contributed by atoms with Crippen LogP contribution in [0.2, 0.25) is 0 Å². The molecule has 4 N–H and O–H groups in total. The first-order valence-corrected chi connectivity index (χ1v) is 10.0. The third-order valence-corrected chi connectivity index (χ3v) is 5.25. The molecule has 0 spiro atoms. The molecule has 0 aliphatic carbocycles. The normalized spacial score (nSPS) is 17.1. The lowest BCUT2D eigenvalue weighted by Crippen LogP contribution is -2.42. The van der Waals surface area contributed by atoms with Crippen molar-refractivity contribution in [3.63, 3.8) is 0 Å². The van der Waals surface area contributed by atoms with Gasteiger partial charge in [0.25, 0.3) is 5.91 Å². The van der Waals surface area contributed by atoms with Crippen LogP contribution >= 0.6 is 0 Å². The number of imidazole rings is 1. The summed E-state index contributed by atoms with van der Waals surface area (Å²) in [6.45, 7) is 6.85. The Balaban J connectivity index is 1.78. The summed E-state index contributed by atoms with van der Waals surface area (Å²) in [5, 5.41) is 25.1. The van der Waals surface area contributed by atoms with E-state index in [0.717, 1.165) is 0 Å². The van der Waals surface area contributed by atoms with Gasteiger partial charge in [-0.05, 0) is 45.9 Å². The summed E-state index contributed by atoms with van der Waals surface area (Å²) >= 11 is 0. The molecule has 9 nitrogen and oxygen atoms in total. The standard InChI is InChI=1S/C23H24N4O5/c1-13-9-18(26-32-13)23(4,30)8-7-14-5-6-17-15(10-14)21-25-16(20(24)28)11-27(21)12-19(31-17)22(2,3)29/h5-6,9-11,19,29-30H,12H2,1-4H3,(H2,24,28)/t19-,23+/m0/s1. The first-order valence-electron chi connectivity index (χ1n) is 10.0. The van der Waals surface area contributed by atoms with Crippen LogP contribution in [-0.2, 0) is 12.1 Å². The molecule has 1 aliphatic rings. The van der Waals surface area contributed by atoms with Crippen molar-refractivity contribution in [2.45, 2.75) is 51.5 Å². The van der Waals surface area contributed by atoms with Crippen molar-refractivity contribution in [3.8, 4) is 29.0 Å². The number of aliphatic hydroxyl groups is 2. The molecule has 0 bridgehead atoms. The highest BCUT2D eigenvalue weighted by Gasteiger charge is 2.34. The van der Waals surface area contributed by atoms with E-state index < -0.39 is 23.2 Å². The Morgan fingerprint density at radius 3 is 2.66 bits per heavy atom. The van der Waals surface area contributed by atoms with Gasteiger partial charge in [-0.2, -0.15) is 0 Å². The summed E-state index contributed by atoms with van der Waals surface area (Å²) in [4.78, 5) is 16.1. The number of primary amides is 1. The van der Waals surface area contributed by atoms with Crippen LogP contribution in [0.1, 0.15) is 48.3 Å². The van der Waals surface area contributed by atoms with Gasteiger partial charge in [-0.3, -0.25) is 4.79 Å². The van der Waals surface area contributed by atoms with Gasteiger partial charge in [0.15, 0.2) is 5.60 Å². The Morgan fingerprint density at radius 1 is 1.28 bits per heavy atom. The third kappa shape index (κ3) is 4.10. The number of rotatable bonds is 3. The number of nitrogens with two attached hydrogens (primary N) is 1. The van der Waals surface area contributed by atoms with E-state index in [1.54, 1.807) is 55.8 Å². The van der Waals surface area contributed by atoms with Crippen molar-refractivity contribution >= 4 is 5.91 Å². The second-order valence-corrected chi connectivity index (χ2v) is 8.58. The molecule has 0 saturated heterocycles. The average molecular weight is 436 g/mol. The SMILES string of the molecule is Cc1cc([C@](C)(O)C#Cc2ccc3c(c2)-c2nc(C(N)=O)cn2C[C@@H](C(C)(C)O)O3)no1. The van der Waals surface area contributed by atoms with Crippen LogP contribution in [0.25, 0.3) is 11.4 Å². The van der Waals surface area contributed by atoms with E-state index in [0.29, 0.717) is 34.2 Å². The second-order valence-electron chi connectivity index (χ2n) is 8.58. The minimum atomic E-state index is -1.51. The van der Waals surface area contributed by atoms with Gasteiger partial charge < -0.3 is 29.8 Å². The van der Waals surface area contributed by atoms with E-state index in [-0.39, 0.29) is 12.2 Å². The Bertz CT molecular complexity index is 1250. The number of hydrogen-bond acceptors (Lipinski definition) is 7. The number of benzene rings is 1. The number of fused-ring (bicyclic) bond motifs is 3. The van der Waals surface area contributed by atoms with Gasteiger partial charge in [-0.1, -0.05) is 17.0 Å². The zero-order valence-electron chi connectivity index (χ0n) is 18.2. The number of amides is 1. The number of carbonyl (C=O) groups excluding carboxylic acids is 1. The van der Waals surface area contributed by atoms with Crippen LogP contribution in [0.15, 0.2) is 35.0 Å². The van der Waals surface area contributed by atoms with Crippen LogP contribution in [0.4, 0.5) is 0 Å². The second kappa shape index (κ2) is 7.51. The first kappa shape index (κ1) is 21.6. The van der Waals surface area contributed by atoms with Gasteiger partial charge in [0.2, 0.25) is 0 Å². The quantitative estimate of drug-likeness (QED) is 0.532. The van der Waals surface area contributed by atoms with Crippen molar-refractivity contribution in [2.24, 2.45) is 5.73 Å². The zero-order valence-corrected chi connectivity index (χ0v) is 18.2. The van der Waals surface area contributed by atoms with Crippen molar-refractivity contribution in [1.82, 2.24) is 14.7 Å². The zero-order chi connectivity index (χ0) is 23.3. The molecule has 0 fully saturated rings. The first-order chi connectivity index (χ1) is 14.9. The van der Waals surface area contributed by atoms with E-state index >= 15 is 0 Å². The maximum atomic E-state index is 11.7. The molecule has 0 saturated carbocycles. The van der Waals surface area contributed by atoms with E-state index in [1.807, 2.05) is 0 Å². The fourth-order valence-electron chi connectivity index (χ4n) is 3.36. The summed E-state index contributed by atoms with van der Waals surface area (Å²) in [6, 6.07) is 6.84. The number of nitrogens with zero attached hydrogens (tertiary/aromatic N) is 3. The van der Waals surface area contributed by atoms with Gasteiger partial charge in [0.05, 0.1) is 17.7 Å². The highest BCUT2D eigenvalue weighted by Crippen LogP contribution is 2.36. The largest absolute Gasteiger partial charge is 0.485 e. The number of hydrogen-bond donors (Lipinski definition) is 3. The predicted molar refractivity (Wildman–Crippen MR) is 115 cm³/mol. The van der Waals surface area contributed by atoms with Crippen molar-refractivity contribution in [3.05, 3.63) is 53.2 Å². The molecule has 0 radical (unpaired) electrons. The molecule has 0 unspecified atom stereocenters. The van der Waals surface area contributed by atoms with Crippen LogP contribution < -0.4 is 10.5 Å². The lowest BCUT2D eigenvalue weighted by atomic mass is 10.0. The summed E-state index contributed by atoms with van der Waals surface area (Å²) in [5.74, 6) is 6.64. The molecule has 1 amide bonds. The summed E-state index contributed by atoms with van der Waals surface area (Å²) < 4.78 is 12.9. The van der Waals surface area contributed by atoms with E-state index in [9.17, 15) is 15.0 Å². The number of carbonyl (C=O) groups is 1. The van der Waals surface area contributed by atoms with Crippen molar-refractivity contribution in [2.75, 3.05) is 0 Å². The number of aromatic nitrogens is 3. The lowest BCUT2D eigenvalue weighted by Gasteiger charge is -2.29. The lowest BCUT2D eigenvalue weighted by molar-refractivity contribution is -0.0394. The van der Waals surface area contributed by atoms with Crippen LogP contribution in [0.5, 0.6) is 5.75 Å². The maximum absolute atomic E-state index is 11.7. The molecule has 1 aromatic carbocycles. The van der Waals surface area contributed by atoms with Gasteiger partial charge in [-0.25, -0.2) is 4.98 Å². The Morgan fingerprint density at radius 2 is 2.03 bits per heavy atom. The average Bonchev–Trinajstić information content (AvgIpc) is 3.29. The molecule has 166 valence electrons. The van der Waals surface area contributed by atoms with Crippen LogP contribution in [-0.4, -0.2) is 42.5 Å². The fourth-order valence-corrected chi connectivity index (χ4v) is 3.36. The van der Waals surface area contributed by atoms with Crippen LogP contribution in [0, 0.1) is 18.8 Å². The van der Waals surface area contributed by atoms with E-state index in [1.165, 1.54) is 6.92 Å². The highest BCUT2D eigenvalue weighted by atomic mass is 16.5.